The summed E-state index contributed by atoms with van der Waals surface area (Å²) in [6.07, 6.45) is 5.33. The normalized spacial score (nSPS) is 27.8. The van der Waals surface area contributed by atoms with Gasteiger partial charge in [0.15, 0.2) is 11.6 Å². The molecule has 2 saturated carbocycles. The van der Waals surface area contributed by atoms with E-state index < -0.39 is 35.4 Å². The van der Waals surface area contributed by atoms with Gasteiger partial charge in [0.05, 0.1) is 0 Å². The molecule has 0 atom stereocenters. The molecular weight excluding hydrogens is 437 g/mol. The van der Waals surface area contributed by atoms with Crippen molar-refractivity contribution in [2.24, 2.45) is 17.8 Å². The van der Waals surface area contributed by atoms with Crippen molar-refractivity contribution in [1.82, 2.24) is 0 Å². The van der Waals surface area contributed by atoms with Crippen LogP contribution in [0.1, 0.15) is 82.6 Å². The van der Waals surface area contributed by atoms with E-state index in [1.807, 2.05) is 0 Å². The van der Waals surface area contributed by atoms with Gasteiger partial charge in [0.2, 0.25) is 5.75 Å². The first-order valence-corrected chi connectivity index (χ1v) is 11.4. The second-order valence-corrected chi connectivity index (χ2v) is 9.18. The van der Waals surface area contributed by atoms with Crippen LogP contribution in [0.3, 0.4) is 0 Å². The van der Waals surface area contributed by atoms with Gasteiger partial charge >= 0.3 is 12.2 Å². The van der Waals surface area contributed by atoms with E-state index >= 15 is 0 Å². The van der Waals surface area contributed by atoms with Gasteiger partial charge in [-0.15, -0.1) is 0 Å². The van der Waals surface area contributed by atoms with Crippen molar-refractivity contribution in [3.8, 4) is 5.75 Å². The van der Waals surface area contributed by atoms with Crippen LogP contribution in [-0.2, 0) is 0 Å². The molecule has 0 aromatic heterocycles. The molecule has 0 aliphatic heterocycles. The molecule has 0 heterocycles. The highest BCUT2D eigenvalue weighted by Gasteiger charge is 2.40. The number of allylic oxidation sites excluding steroid dienone is 1. The molecule has 2 fully saturated rings. The van der Waals surface area contributed by atoms with Crippen LogP contribution < -0.4 is 4.74 Å². The minimum atomic E-state index is -5.65. The Morgan fingerprint density at radius 3 is 1.84 bits per heavy atom. The van der Waals surface area contributed by atoms with Crippen molar-refractivity contribution in [3.63, 3.8) is 0 Å². The minimum absolute atomic E-state index is 0.0898. The average molecular weight is 466 g/mol. The van der Waals surface area contributed by atoms with E-state index in [0.29, 0.717) is 17.4 Å². The number of alkyl halides is 3. The number of ether oxygens (including phenoxy) is 1. The van der Waals surface area contributed by atoms with Crippen molar-refractivity contribution in [3.05, 3.63) is 41.2 Å². The fraction of sp³-hybridized carbons (Fsp3) is 0.667. The quantitative estimate of drug-likeness (QED) is 0.300. The van der Waals surface area contributed by atoms with Crippen LogP contribution in [0, 0.1) is 29.4 Å². The summed E-state index contributed by atoms with van der Waals surface area (Å²) in [6, 6.07) is -0.840. The molecule has 8 heteroatoms. The maximum Gasteiger partial charge on any atom is 0.449 e. The highest BCUT2D eigenvalue weighted by Crippen LogP contribution is 2.45. The highest BCUT2D eigenvalue weighted by molar-refractivity contribution is 5.34. The molecule has 180 valence electrons. The summed E-state index contributed by atoms with van der Waals surface area (Å²) in [7, 11) is 0. The predicted molar refractivity (Wildman–Crippen MR) is 107 cm³/mol. The van der Waals surface area contributed by atoms with Gasteiger partial charge in [-0.2, -0.15) is 22.0 Å². The van der Waals surface area contributed by atoms with Gasteiger partial charge in [0.1, 0.15) is 0 Å². The van der Waals surface area contributed by atoms with Gasteiger partial charge in [-0.05, 0) is 79.9 Å². The van der Waals surface area contributed by atoms with E-state index in [9.17, 15) is 30.7 Å². The number of halogens is 7. The Morgan fingerprint density at radius 2 is 1.38 bits per heavy atom. The maximum absolute atomic E-state index is 14.3. The van der Waals surface area contributed by atoms with Crippen molar-refractivity contribution >= 4 is 0 Å². The third-order valence-electron chi connectivity index (χ3n) is 7.13. The number of hydrogen-bond donors (Lipinski definition) is 0. The van der Waals surface area contributed by atoms with Crippen LogP contribution >= 0.6 is 0 Å². The molecule has 0 bridgehead atoms. The van der Waals surface area contributed by atoms with Gasteiger partial charge in [-0.3, -0.25) is 0 Å². The standard InChI is InChI=1S/C24H29F7O/c1-2-3-14-4-6-15(7-5-14)16-8-10-17(11-9-16)18-12-19(25)21(20(26)13-18)32-23(28)22(27)24(29,30)31/h12-17H,2-11H2,1H3. The zero-order valence-corrected chi connectivity index (χ0v) is 18.1. The molecule has 0 radical (unpaired) electrons. The Labute approximate surface area is 184 Å². The third kappa shape index (κ3) is 5.98. The predicted octanol–water partition coefficient (Wildman–Crippen LogP) is 8.89. The number of benzene rings is 1. The molecule has 0 unspecified atom stereocenters. The second-order valence-electron chi connectivity index (χ2n) is 9.18. The molecule has 1 nitrogen and oxygen atoms in total. The van der Waals surface area contributed by atoms with Crippen molar-refractivity contribution in [2.45, 2.75) is 83.2 Å². The van der Waals surface area contributed by atoms with Gasteiger partial charge in [-0.25, -0.2) is 8.78 Å². The Morgan fingerprint density at radius 1 is 0.875 bits per heavy atom. The molecule has 2 aliphatic carbocycles. The molecule has 0 spiro atoms. The van der Waals surface area contributed by atoms with Crippen molar-refractivity contribution in [1.29, 1.82) is 0 Å². The molecule has 3 rings (SSSR count). The first-order chi connectivity index (χ1) is 15.1. The van der Waals surface area contributed by atoms with E-state index in [0.717, 1.165) is 43.7 Å². The Balaban J connectivity index is 1.61. The summed E-state index contributed by atoms with van der Waals surface area (Å²) >= 11 is 0. The first kappa shape index (κ1) is 24.9. The van der Waals surface area contributed by atoms with Crippen LogP contribution in [0.15, 0.2) is 24.0 Å². The van der Waals surface area contributed by atoms with Crippen LogP contribution in [0.2, 0.25) is 0 Å². The molecule has 0 amide bonds. The zero-order chi connectivity index (χ0) is 23.5. The van der Waals surface area contributed by atoms with Gasteiger partial charge < -0.3 is 4.74 Å². The molecular formula is C24H29F7O. The minimum Gasteiger partial charge on any atom is -0.423 e. The fourth-order valence-electron chi connectivity index (χ4n) is 5.44. The molecule has 1 aromatic rings. The summed E-state index contributed by atoms with van der Waals surface area (Å²) < 4.78 is 95.2. The Kier molecular flexibility index (Phi) is 8.15. The van der Waals surface area contributed by atoms with Gasteiger partial charge in [0.25, 0.3) is 5.83 Å². The first-order valence-electron chi connectivity index (χ1n) is 11.4. The van der Waals surface area contributed by atoms with Crippen LogP contribution in [0.25, 0.3) is 0 Å². The third-order valence-corrected chi connectivity index (χ3v) is 7.13. The van der Waals surface area contributed by atoms with Gasteiger partial charge in [-0.1, -0.05) is 32.6 Å². The lowest BCUT2D eigenvalue weighted by Gasteiger charge is -2.38. The zero-order valence-electron chi connectivity index (χ0n) is 18.1. The molecule has 0 saturated heterocycles. The fourth-order valence-corrected chi connectivity index (χ4v) is 5.44. The lowest BCUT2D eigenvalue weighted by molar-refractivity contribution is -0.114. The summed E-state index contributed by atoms with van der Waals surface area (Å²) in [5.41, 5.74) is 0.359. The second kappa shape index (κ2) is 10.5. The SMILES string of the molecule is CCCC1CCC(C2CCC(c3cc(F)c(OC(F)=C(F)C(F)(F)F)c(F)c3)CC2)CC1. The lowest BCUT2D eigenvalue weighted by atomic mass is 9.68. The summed E-state index contributed by atoms with van der Waals surface area (Å²) in [5.74, 6) is -5.23. The van der Waals surface area contributed by atoms with Crippen LogP contribution in [0.4, 0.5) is 30.7 Å². The Hall–Kier alpha value is -1.73. The van der Waals surface area contributed by atoms with E-state index in [1.54, 1.807) is 0 Å². The molecule has 2 aliphatic rings. The monoisotopic (exact) mass is 466 g/mol. The summed E-state index contributed by atoms with van der Waals surface area (Å²) in [5, 5.41) is 0. The maximum atomic E-state index is 14.3. The number of rotatable bonds is 6. The highest BCUT2D eigenvalue weighted by atomic mass is 19.4. The lowest BCUT2D eigenvalue weighted by Crippen LogP contribution is -2.25. The largest absolute Gasteiger partial charge is 0.449 e. The Bertz CT molecular complexity index is 778. The van der Waals surface area contributed by atoms with E-state index in [1.165, 1.54) is 38.5 Å². The van der Waals surface area contributed by atoms with Crippen LogP contribution in [-0.4, -0.2) is 6.18 Å². The smallest absolute Gasteiger partial charge is 0.423 e. The average Bonchev–Trinajstić information content (AvgIpc) is 2.75. The number of hydrogen-bond acceptors (Lipinski definition) is 1. The topological polar surface area (TPSA) is 9.23 Å². The van der Waals surface area contributed by atoms with Gasteiger partial charge in [0, 0.05) is 0 Å². The van der Waals surface area contributed by atoms with E-state index in [4.69, 9.17) is 0 Å². The molecule has 1 aromatic carbocycles. The van der Waals surface area contributed by atoms with E-state index in [-0.39, 0.29) is 5.92 Å². The summed E-state index contributed by atoms with van der Waals surface area (Å²) in [6.45, 7) is 2.21. The van der Waals surface area contributed by atoms with Crippen molar-refractivity contribution in [2.75, 3.05) is 0 Å². The van der Waals surface area contributed by atoms with Crippen molar-refractivity contribution < 1.29 is 35.5 Å². The van der Waals surface area contributed by atoms with E-state index in [2.05, 4.69) is 11.7 Å². The summed E-state index contributed by atoms with van der Waals surface area (Å²) in [4.78, 5) is 0. The molecule has 32 heavy (non-hydrogen) atoms. The van der Waals surface area contributed by atoms with Crippen LogP contribution in [0.5, 0.6) is 5.75 Å². The molecule has 0 N–H and O–H groups in total.